The third-order valence-corrected chi connectivity index (χ3v) is 3.33. The molecular weight excluding hydrogens is 322 g/mol. The number of hydrogen-bond acceptors (Lipinski definition) is 7. The highest BCUT2D eigenvalue weighted by Crippen LogP contribution is 2.25. The van der Waals surface area contributed by atoms with Crippen LogP contribution < -0.4 is 0 Å². The van der Waals surface area contributed by atoms with Crippen LogP contribution in [-0.4, -0.2) is 80.8 Å². The highest BCUT2D eigenvalue weighted by molar-refractivity contribution is 5.74. The van der Waals surface area contributed by atoms with E-state index in [0.717, 1.165) is 0 Å². The zero-order valence-electron chi connectivity index (χ0n) is 14.8. The number of aliphatic carboxylic acids is 1. The molecule has 1 saturated heterocycles. The number of hydrogen-bond donors (Lipinski definition) is 1. The Morgan fingerprint density at radius 1 is 1.08 bits per heavy atom. The highest BCUT2D eigenvalue weighted by atomic mass is 16.7. The van der Waals surface area contributed by atoms with E-state index >= 15 is 0 Å². The van der Waals surface area contributed by atoms with Crippen molar-refractivity contribution in [3.63, 3.8) is 0 Å². The van der Waals surface area contributed by atoms with Gasteiger partial charge < -0.3 is 33.7 Å². The Kier molecular flexibility index (Phi) is 7.88. The van der Waals surface area contributed by atoms with Crippen molar-refractivity contribution in [1.82, 2.24) is 4.90 Å². The van der Waals surface area contributed by atoms with E-state index in [0.29, 0.717) is 0 Å². The molecule has 0 aliphatic carbocycles. The standard InChI is InChI=1S/C15H27NO8/c1-15(2,3)24-14(19)16-6-10(13(17)18)12(23-9-21-5)11(7-16)22-8-20-4/h10-12H,6-9H2,1-5H3,(H,17,18)/t10-,11+,12+/m0/s1. The zero-order chi connectivity index (χ0) is 18.3. The number of rotatable bonds is 7. The smallest absolute Gasteiger partial charge is 0.410 e. The van der Waals surface area contributed by atoms with Gasteiger partial charge in [-0.1, -0.05) is 0 Å². The molecule has 24 heavy (non-hydrogen) atoms. The van der Waals surface area contributed by atoms with E-state index in [9.17, 15) is 14.7 Å². The Hall–Kier alpha value is -1.42. The molecule has 0 saturated carbocycles. The summed E-state index contributed by atoms with van der Waals surface area (Å²) >= 11 is 0. The fourth-order valence-corrected chi connectivity index (χ4v) is 2.36. The number of likely N-dealkylation sites (tertiary alicyclic amines) is 1. The van der Waals surface area contributed by atoms with Crippen LogP contribution in [0.25, 0.3) is 0 Å². The Morgan fingerprint density at radius 2 is 1.67 bits per heavy atom. The summed E-state index contributed by atoms with van der Waals surface area (Å²) in [5.41, 5.74) is -0.678. The maximum Gasteiger partial charge on any atom is 0.410 e. The number of piperidine rings is 1. The number of amides is 1. The molecule has 1 aliphatic rings. The van der Waals surface area contributed by atoms with E-state index in [1.165, 1.54) is 19.1 Å². The molecule has 9 heteroatoms. The van der Waals surface area contributed by atoms with Crippen LogP contribution in [0.2, 0.25) is 0 Å². The van der Waals surface area contributed by atoms with Gasteiger partial charge >= 0.3 is 12.1 Å². The molecule has 0 aromatic carbocycles. The first-order valence-electron chi connectivity index (χ1n) is 7.61. The van der Waals surface area contributed by atoms with Crippen LogP contribution in [0.4, 0.5) is 4.79 Å². The second-order valence-corrected chi connectivity index (χ2v) is 6.48. The van der Waals surface area contributed by atoms with Gasteiger partial charge in [-0.05, 0) is 20.8 Å². The summed E-state index contributed by atoms with van der Waals surface area (Å²) in [6.07, 6.45) is -2.04. The third kappa shape index (κ3) is 6.23. The fourth-order valence-electron chi connectivity index (χ4n) is 2.36. The SMILES string of the molecule is COCO[C@@H]1[C@@H](C(=O)O)CN(C(=O)OC(C)(C)C)C[C@H]1OCOC. The first-order chi connectivity index (χ1) is 11.2. The third-order valence-electron chi connectivity index (χ3n) is 3.33. The van der Waals surface area contributed by atoms with Crippen LogP contribution in [0.5, 0.6) is 0 Å². The summed E-state index contributed by atoms with van der Waals surface area (Å²) in [7, 11) is 2.89. The van der Waals surface area contributed by atoms with E-state index in [4.69, 9.17) is 23.7 Å². The highest BCUT2D eigenvalue weighted by Gasteiger charge is 2.44. The lowest BCUT2D eigenvalue weighted by Gasteiger charge is -2.41. The molecule has 0 unspecified atom stereocenters. The summed E-state index contributed by atoms with van der Waals surface area (Å²) in [5, 5.41) is 9.50. The summed E-state index contributed by atoms with van der Waals surface area (Å²) < 4.78 is 26.1. The summed E-state index contributed by atoms with van der Waals surface area (Å²) in [4.78, 5) is 25.2. The number of carbonyl (C=O) groups excluding carboxylic acids is 1. The van der Waals surface area contributed by atoms with Crippen LogP contribution in [0.1, 0.15) is 20.8 Å². The van der Waals surface area contributed by atoms with Crippen LogP contribution in [0, 0.1) is 5.92 Å². The molecular formula is C15H27NO8. The van der Waals surface area contributed by atoms with Crippen molar-refractivity contribution in [1.29, 1.82) is 0 Å². The van der Waals surface area contributed by atoms with Crippen molar-refractivity contribution in [2.45, 2.75) is 38.6 Å². The van der Waals surface area contributed by atoms with Gasteiger partial charge in [0.25, 0.3) is 0 Å². The van der Waals surface area contributed by atoms with E-state index < -0.39 is 35.8 Å². The normalized spacial score (nSPS) is 24.7. The molecule has 1 aliphatic heterocycles. The predicted molar refractivity (Wildman–Crippen MR) is 82.4 cm³/mol. The van der Waals surface area contributed by atoms with Gasteiger partial charge in [-0.3, -0.25) is 4.79 Å². The van der Waals surface area contributed by atoms with Crippen LogP contribution in [0.3, 0.4) is 0 Å². The minimum Gasteiger partial charge on any atom is -0.481 e. The van der Waals surface area contributed by atoms with Gasteiger partial charge in [-0.15, -0.1) is 0 Å². The van der Waals surface area contributed by atoms with Gasteiger partial charge in [0, 0.05) is 20.8 Å². The van der Waals surface area contributed by atoms with Crippen molar-refractivity contribution >= 4 is 12.1 Å². The minimum atomic E-state index is -1.09. The van der Waals surface area contributed by atoms with E-state index in [-0.39, 0.29) is 26.7 Å². The van der Waals surface area contributed by atoms with Gasteiger partial charge in [0.2, 0.25) is 0 Å². The molecule has 1 N–H and O–H groups in total. The zero-order valence-corrected chi connectivity index (χ0v) is 14.8. The van der Waals surface area contributed by atoms with Gasteiger partial charge in [0.15, 0.2) is 0 Å². The number of carbonyl (C=O) groups is 2. The van der Waals surface area contributed by atoms with Crippen molar-refractivity contribution in [3.8, 4) is 0 Å². The van der Waals surface area contributed by atoms with Crippen LogP contribution in [0.15, 0.2) is 0 Å². The predicted octanol–water partition coefficient (Wildman–Crippen LogP) is 0.916. The van der Waals surface area contributed by atoms with Gasteiger partial charge in [0.1, 0.15) is 37.3 Å². The van der Waals surface area contributed by atoms with Gasteiger partial charge in [-0.25, -0.2) is 4.79 Å². The van der Waals surface area contributed by atoms with Crippen LogP contribution >= 0.6 is 0 Å². The molecule has 0 bridgehead atoms. The second-order valence-electron chi connectivity index (χ2n) is 6.48. The number of ether oxygens (including phenoxy) is 5. The molecule has 0 aromatic rings. The maximum absolute atomic E-state index is 12.3. The molecule has 1 rings (SSSR count). The van der Waals surface area contributed by atoms with Crippen molar-refractivity contribution in [2.24, 2.45) is 5.92 Å². The second kappa shape index (κ2) is 9.16. The number of nitrogens with zero attached hydrogens (tertiary/aromatic N) is 1. The maximum atomic E-state index is 12.3. The van der Waals surface area contributed by atoms with Gasteiger partial charge in [0.05, 0.1) is 6.54 Å². The first kappa shape index (κ1) is 20.6. The Morgan fingerprint density at radius 3 is 2.17 bits per heavy atom. The fraction of sp³-hybridized carbons (Fsp3) is 0.867. The first-order valence-corrected chi connectivity index (χ1v) is 7.61. The monoisotopic (exact) mass is 349 g/mol. The topological polar surface area (TPSA) is 104 Å². The lowest BCUT2D eigenvalue weighted by atomic mass is 9.92. The number of carboxylic acids is 1. The Labute approximate surface area is 141 Å². The average molecular weight is 349 g/mol. The molecule has 9 nitrogen and oxygen atoms in total. The van der Waals surface area contributed by atoms with Crippen molar-refractivity contribution in [3.05, 3.63) is 0 Å². The average Bonchev–Trinajstić information content (AvgIpc) is 2.48. The molecule has 3 atom stereocenters. The van der Waals surface area contributed by atoms with E-state index in [2.05, 4.69) is 0 Å². The quantitative estimate of drug-likeness (QED) is 0.677. The Bertz CT molecular complexity index is 422. The molecule has 1 fully saturated rings. The van der Waals surface area contributed by atoms with Crippen molar-refractivity contribution in [2.75, 3.05) is 40.9 Å². The van der Waals surface area contributed by atoms with Crippen molar-refractivity contribution < 1.29 is 38.4 Å². The Balaban J connectivity index is 2.92. The largest absolute Gasteiger partial charge is 0.481 e. The summed E-state index contributed by atoms with van der Waals surface area (Å²) in [5.74, 6) is -2.06. The number of carboxylic acid groups (broad SMARTS) is 1. The lowest BCUT2D eigenvalue weighted by molar-refractivity contribution is -0.199. The molecule has 0 spiro atoms. The molecule has 1 amide bonds. The molecule has 1 heterocycles. The summed E-state index contributed by atoms with van der Waals surface area (Å²) in [6.45, 7) is 5.20. The van der Waals surface area contributed by atoms with E-state index in [1.807, 2.05) is 0 Å². The summed E-state index contributed by atoms with van der Waals surface area (Å²) in [6, 6.07) is 0. The molecule has 0 aromatic heterocycles. The van der Waals surface area contributed by atoms with Gasteiger partial charge in [-0.2, -0.15) is 0 Å². The molecule has 140 valence electrons. The van der Waals surface area contributed by atoms with Crippen LogP contribution in [-0.2, 0) is 28.5 Å². The number of methoxy groups -OCH3 is 2. The van der Waals surface area contributed by atoms with E-state index in [1.54, 1.807) is 20.8 Å². The molecule has 0 radical (unpaired) electrons. The lowest BCUT2D eigenvalue weighted by Crippen LogP contribution is -2.58. The minimum absolute atomic E-state index is 0.0362.